The summed E-state index contributed by atoms with van der Waals surface area (Å²) >= 11 is 0. The van der Waals surface area contributed by atoms with Crippen LogP contribution in [-0.4, -0.2) is 50.9 Å². The zero-order valence-electron chi connectivity index (χ0n) is 12.3. The van der Waals surface area contributed by atoms with E-state index < -0.39 is 9.84 Å². The SMILES string of the molecule is CN(C)CCCOc1nonc1S(=O)(=O)c1ccccc1.Cl. The fourth-order valence-corrected chi connectivity index (χ4v) is 2.88. The van der Waals surface area contributed by atoms with Crippen LogP contribution in [-0.2, 0) is 9.84 Å². The van der Waals surface area contributed by atoms with Crippen LogP contribution in [0.2, 0.25) is 0 Å². The molecule has 0 amide bonds. The number of benzene rings is 1. The summed E-state index contributed by atoms with van der Waals surface area (Å²) in [5, 5.41) is 6.70. The highest BCUT2D eigenvalue weighted by Gasteiger charge is 2.28. The molecule has 0 saturated carbocycles. The summed E-state index contributed by atoms with van der Waals surface area (Å²) in [4.78, 5) is 2.13. The van der Waals surface area contributed by atoms with E-state index in [1.54, 1.807) is 18.2 Å². The third-order valence-corrected chi connectivity index (χ3v) is 4.38. The average molecular weight is 348 g/mol. The number of hydrogen-bond donors (Lipinski definition) is 0. The fraction of sp³-hybridized carbons (Fsp3) is 0.385. The highest BCUT2D eigenvalue weighted by Crippen LogP contribution is 2.25. The largest absolute Gasteiger partial charge is 0.473 e. The van der Waals surface area contributed by atoms with Gasteiger partial charge in [-0.05, 0) is 43.0 Å². The summed E-state index contributed by atoms with van der Waals surface area (Å²) < 4.78 is 34.7. The van der Waals surface area contributed by atoms with E-state index in [1.165, 1.54) is 12.1 Å². The van der Waals surface area contributed by atoms with Crippen molar-refractivity contribution in [2.75, 3.05) is 27.2 Å². The molecule has 0 bridgehead atoms. The highest BCUT2D eigenvalue weighted by molar-refractivity contribution is 7.91. The maximum atomic E-state index is 12.4. The molecule has 122 valence electrons. The number of halogens is 1. The second-order valence-electron chi connectivity index (χ2n) is 4.70. The standard InChI is InChI=1S/C13H17N3O4S.ClH/c1-16(2)9-6-10-19-12-13(15-20-14-12)21(17,18)11-7-4-3-5-8-11;/h3-5,7-8H,6,9-10H2,1-2H3;1H. The van der Waals surface area contributed by atoms with Gasteiger partial charge in [0.1, 0.15) is 0 Å². The molecule has 0 aliphatic rings. The van der Waals surface area contributed by atoms with Gasteiger partial charge in [0.15, 0.2) is 0 Å². The average Bonchev–Trinajstić information content (AvgIpc) is 2.93. The molecule has 7 nitrogen and oxygen atoms in total. The van der Waals surface area contributed by atoms with Crippen molar-refractivity contribution in [2.24, 2.45) is 0 Å². The lowest BCUT2D eigenvalue weighted by Crippen LogP contribution is -2.16. The Morgan fingerprint density at radius 2 is 1.86 bits per heavy atom. The molecule has 1 heterocycles. The molecule has 0 radical (unpaired) electrons. The van der Waals surface area contributed by atoms with Crippen LogP contribution >= 0.6 is 12.4 Å². The summed E-state index contributed by atoms with van der Waals surface area (Å²) in [7, 11) is 0.112. The normalized spacial score (nSPS) is 11.2. The van der Waals surface area contributed by atoms with E-state index in [0.29, 0.717) is 6.61 Å². The van der Waals surface area contributed by atoms with Crippen molar-refractivity contribution in [1.82, 2.24) is 15.2 Å². The molecule has 0 spiro atoms. The first kappa shape index (κ1) is 18.4. The maximum absolute atomic E-state index is 12.4. The minimum absolute atomic E-state index is 0. The van der Waals surface area contributed by atoms with Crippen LogP contribution in [0.5, 0.6) is 5.88 Å². The lowest BCUT2D eigenvalue weighted by molar-refractivity contribution is 0.242. The van der Waals surface area contributed by atoms with Gasteiger partial charge >= 0.3 is 0 Å². The molecule has 0 fully saturated rings. The van der Waals surface area contributed by atoms with Crippen molar-refractivity contribution >= 4 is 22.2 Å². The van der Waals surface area contributed by atoms with Gasteiger partial charge in [0.05, 0.1) is 11.5 Å². The molecule has 0 atom stereocenters. The summed E-state index contributed by atoms with van der Waals surface area (Å²) in [6, 6.07) is 7.98. The molecule has 0 aliphatic heterocycles. The predicted molar refractivity (Wildman–Crippen MR) is 82.1 cm³/mol. The number of sulfone groups is 1. The Morgan fingerprint density at radius 1 is 1.18 bits per heavy atom. The minimum atomic E-state index is -3.78. The van der Waals surface area contributed by atoms with Crippen molar-refractivity contribution in [1.29, 1.82) is 0 Å². The van der Waals surface area contributed by atoms with Crippen LogP contribution in [0.25, 0.3) is 0 Å². The summed E-state index contributed by atoms with van der Waals surface area (Å²) in [6.07, 6.45) is 0.741. The Hall–Kier alpha value is -1.64. The smallest absolute Gasteiger partial charge is 0.295 e. The van der Waals surface area contributed by atoms with Crippen LogP contribution < -0.4 is 4.74 Å². The van der Waals surface area contributed by atoms with E-state index in [-0.39, 0.29) is 28.2 Å². The summed E-state index contributed by atoms with van der Waals surface area (Å²) in [5.74, 6) is -0.0994. The van der Waals surface area contributed by atoms with Gasteiger partial charge in [0.25, 0.3) is 10.9 Å². The van der Waals surface area contributed by atoms with Crippen LogP contribution in [0.3, 0.4) is 0 Å². The van der Waals surface area contributed by atoms with Crippen molar-refractivity contribution in [3.63, 3.8) is 0 Å². The van der Waals surface area contributed by atoms with E-state index in [9.17, 15) is 8.42 Å². The second kappa shape index (κ2) is 8.11. The molecule has 0 saturated heterocycles. The molecule has 0 unspecified atom stereocenters. The maximum Gasteiger partial charge on any atom is 0.295 e. The molecule has 0 aliphatic carbocycles. The number of aromatic nitrogens is 2. The van der Waals surface area contributed by atoms with Gasteiger partial charge in [-0.3, -0.25) is 0 Å². The van der Waals surface area contributed by atoms with Crippen LogP contribution in [0.1, 0.15) is 6.42 Å². The first-order valence-corrected chi connectivity index (χ1v) is 7.90. The lowest BCUT2D eigenvalue weighted by Gasteiger charge is -2.09. The zero-order chi connectivity index (χ0) is 15.3. The van der Waals surface area contributed by atoms with E-state index in [2.05, 4.69) is 14.9 Å². The van der Waals surface area contributed by atoms with Gasteiger partial charge < -0.3 is 9.64 Å². The van der Waals surface area contributed by atoms with Crippen molar-refractivity contribution in [3.05, 3.63) is 30.3 Å². The zero-order valence-corrected chi connectivity index (χ0v) is 13.9. The van der Waals surface area contributed by atoms with Crippen molar-refractivity contribution in [3.8, 4) is 5.88 Å². The van der Waals surface area contributed by atoms with Crippen LogP contribution in [0.15, 0.2) is 44.9 Å². The molecular formula is C13H18ClN3O4S. The van der Waals surface area contributed by atoms with Crippen molar-refractivity contribution < 1.29 is 17.8 Å². The third kappa shape index (κ3) is 4.43. The van der Waals surface area contributed by atoms with Crippen LogP contribution in [0, 0.1) is 0 Å². The Bertz CT molecular complexity index is 674. The van der Waals surface area contributed by atoms with Gasteiger partial charge in [-0.25, -0.2) is 13.0 Å². The molecule has 2 rings (SSSR count). The fourth-order valence-electron chi connectivity index (χ4n) is 1.69. The quantitative estimate of drug-likeness (QED) is 0.704. The molecule has 9 heteroatoms. The number of ether oxygens (including phenoxy) is 1. The van der Waals surface area contributed by atoms with E-state index in [4.69, 9.17) is 4.74 Å². The highest BCUT2D eigenvalue weighted by atomic mass is 35.5. The Morgan fingerprint density at radius 3 is 2.50 bits per heavy atom. The first-order valence-electron chi connectivity index (χ1n) is 6.42. The topological polar surface area (TPSA) is 85.5 Å². The molecule has 0 N–H and O–H groups in total. The van der Waals surface area contributed by atoms with Crippen molar-refractivity contribution in [2.45, 2.75) is 16.3 Å². The Labute approximate surface area is 135 Å². The first-order chi connectivity index (χ1) is 10.0. The molecule has 2 aromatic rings. The van der Waals surface area contributed by atoms with E-state index >= 15 is 0 Å². The lowest BCUT2D eigenvalue weighted by atomic mass is 10.4. The molecule has 1 aromatic carbocycles. The van der Waals surface area contributed by atoms with Gasteiger partial charge in [-0.1, -0.05) is 18.2 Å². The number of hydrogen-bond acceptors (Lipinski definition) is 7. The summed E-state index contributed by atoms with van der Waals surface area (Å²) in [6.45, 7) is 1.16. The Kier molecular flexibility index (Phi) is 6.79. The monoisotopic (exact) mass is 347 g/mol. The Balaban J connectivity index is 0.00000242. The second-order valence-corrected chi connectivity index (χ2v) is 6.56. The number of rotatable bonds is 7. The molecule has 22 heavy (non-hydrogen) atoms. The van der Waals surface area contributed by atoms with Gasteiger partial charge in [0, 0.05) is 6.54 Å². The minimum Gasteiger partial charge on any atom is -0.473 e. The van der Waals surface area contributed by atoms with Gasteiger partial charge in [-0.2, -0.15) is 0 Å². The predicted octanol–water partition coefficient (Wildman–Crippen LogP) is 1.65. The van der Waals surface area contributed by atoms with Crippen LogP contribution in [0.4, 0.5) is 0 Å². The van der Waals surface area contributed by atoms with Gasteiger partial charge in [-0.15, -0.1) is 12.4 Å². The number of nitrogens with zero attached hydrogens (tertiary/aromatic N) is 3. The van der Waals surface area contributed by atoms with E-state index in [0.717, 1.165) is 13.0 Å². The molecular weight excluding hydrogens is 330 g/mol. The summed E-state index contributed by atoms with van der Waals surface area (Å²) in [5.41, 5.74) is 0. The van der Waals surface area contributed by atoms with Gasteiger partial charge in [0.2, 0.25) is 9.84 Å². The molecule has 1 aromatic heterocycles. The third-order valence-electron chi connectivity index (χ3n) is 2.73. The van der Waals surface area contributed by atoms with E-state index in [1.807, 2.05) is 19.0 Å².